The SMILES string of the molecule is C=C(C)C(=O)OCCC(=O)OC1C2CC3C1OC(=O)C3C2C(=O)O. The zero-order chi connectivity index (χ0) is 17.6. The first-order valence-electron chi connectivity index (χ1n) is 7.76. The first-order valence-corrected chi connectivity index (χ1v) is 7.76. The molecule has 130 valence electrons. The number of carboxylic acids is 1. The van der Waals surface area contributed by atoms with E-state index >= 15 is 0 Å². The third-order valence-electron chi connectivity index (χ3n) is 4.99. The van der Waals surface area contributed by atoms with Gasteiger partial charge < -0.3 is 19.3 Å². The van der Waals surface area contributed by atoms with Crippen molar-refractivity contribution in [1.29, 1.82) is 0 Å². The zero-order valence-corrected chi connectivity index (χ0v) is 13.1. The maximum absolute atomic E-state index is 11.9. The Bertz CT molecular complexity index is 624. The van der Waals surface area contributed by atoms with Gasteiger partial charge in [-0.05, 0) is 13.3 Å². The third-order valence-corrected chi connectivity index (χ3v) is 4.99. The predicted molar refractivity (Wildman–Crippen MR) is 76.4 cm³/mol. The molecule has 6 atom stereocenters. The van der Waals surface area contributed by atoms with Crippen LogP contribution in [0.4, 0.5) is 0 Å². The number of ether oxygens (including phenoxy) is 3. The van der Waals surface area contributed by atoms with E-state index in [9.17, 15) is 24.3 Å². The number of carboxylic acid groups (broad SMARTS) is 1. The molecule has 2 bridgehead atoms. The van der Waals surface area contributed by atoms with Crippen LogP contribution in [0.2, 0.25) is 0 Å². The Kier molecular flexibility index (Phi) is 4.06. The van der Waals surface area contributed by atoms with Gasteiger partial charge in [-0.15, -0.1) is 0 Å². The number of hydrogen-bond acceptors (Lipinski definition) is 7. The normalized spacial score (nSPS) is 35.5. The van der Waals surface area contributed by atoms with Gasteiger partial charge in [0.05, 0.1) is 18.3 Å². The van der Waals surface area contributed by atoms with Crippen LogP contribution in [-0.2, 0) is 33.4 Å². The summed E-state index contributed by atoms with van der Waals surface area (Å²) in [5.74, 6) is -4.94. The van der Waals surface area contributed by atoms with Crippen molar-refractivity contribution in [2.45, 2.75) is 32.0 Å². The lowest BCUT2D eigenvalue weighted by Crippen LogP contribution is -2.43. The van der Waals surface area contributed by atoms with Gasteiger partial charge in [0.25, 0.3) is 0 Å². The van der Waals surface area contributed by atoms with Crippen molar-refractivity contribution >= 4 is 23.9 Å². The Morgan fingerprint density at radius 2 is 2.04 bits per heavy atom. The molecule has 0 aromatic carbocycles. The first-order chi connectivity index (χ1) is 11.3. The second kappa shape index (κ2) is 5.92. The lowest BCUT2D eigenvalue weighted by Gasteiger charge is -2.29. The van der Waals surface area contributed by atoms with E-state index in [0.29, 0.717) is 6.42 Å². The standard InChI is InChI=1S/C16H18O8/c1-6(2)15(20)22-4-3-9(17)23-12-7-5-8-11(10(7)14(18)19)16(21)24-13(8)12/h7-8,10-13H,1,3-5H2,2H3,(H,18,19). The first kappa shape index (κ1) is 16.5. The van der Waals surface area contributed by atoms with Gasteiger partial charge in [-0.2, -0.15) is 0 Å². The van der Waals surface area contributed by atoms with E-state index in [1.165, 1.54) is 6.92 Å². The second-order valence-electron chi connectivity index (χ2n) is 6.48. The molecule has 3 fully saturated rings. The summed E-state index contributed by atoms with van der Waals surface area (Å²) in [6.45, 7) is 4.77. The van der Waals surface area contributed by atoms with Gasteiger partial charge in [-0.3, -0.25) is 14.4 Å². The van der Waals surface area contributed by atoms with E-state index in [0.717, 1.165) is 0 Å². The maximum atomic E-state index is 11.9. The number of carbonyl (C=O) groups excluding carboxylic acids is 3. The molecule has 0 spiro atoms. The van der Waals surface area contributed by atoms with Gasteiger partial charge in [0.2, 0.25) is 0 Å². The summed E-state index contributed by atoms with van der Waals surface area (Å²) in [5.41, 5.74) is 0.227. The minimum Gasteiger partial charge on any atom is -0.481 e. The molecule has 1 N–H and O–H groups in total. The number of rotatable bonds is 6. The zero-order valence-electron chi connectivity index (χ0n) is 13.1. The molecule has 0 aromatic rings. The summed E-state index contributed by atoms with van der Waals surface area (Å²) in [7, 11) is 0. The Hall–Kier alpha value is -2.38. The monoisotopic (exact) mass is 338 g/mol. The molecule has 6 unspecified atom stereocenters. The molecule has 3 rings (SSSR count). The summed E-state index contributed by atoms with van der Waals surface area (Å²) < 4.78 is 15.4. The van der Waals surface area contributed by atoms with E-state index in [2.05, 4.69) is 6.58 Å². The van der Waals surface area contributed by atoms with Crippen molar-refractivity contribution in [3.05, 3.63) is 12.2 Å². The number of fused-ring (bicyclic) bond motifs is 1. The van der Waals surface area contributed by atoms with Crippen LogP contribution in [-0.4, -0.2) is 47.8 Å². The Morgan fingerprint density at radius 3 is 2.67 bits per heavy atom. The fourth-order valence-electron chi connectivity index (χ4n) is 4.05. The van der Waals surface area contributed by atoms with Crippen molar-refractivity contribution in [2.75, 3.05) is 6.61 Å². The molecule has 24 heavy (non-hydrogen) atoms. The van der Waals surface area contributed by atoms with Gasteiger partial charge in [-0.1, -0.05) is 6.58 Å². The van der Waals surface area contributed by atoms with Crippen molar-refractivity contribution in [2.24, 2.45) is 23.7 Å². The van der Waals surface area contributed by atoms with Crippen LogP contribution >= 0.6 is 0 Å². The van der Waals surface area contributed by atoms with Crippen molar-refractivity contribution < 1.29 is 38.5 Å². The minimum atomic E-state index is -1.07. The highest BCUT2D eigenvalue weighted by Crippen LogP contribution is 2.58. The highest BCUT2D eigenvalue weighted by atomic mass is 16.6. The lowest BCUT2D eigenvalue weighted by atomic mass is 9.78. The van der Waals surface area contributed by atoms with E-state index in [1.807, 2.05) is 0 Å². The average molecular weight is 338 g/mol. The molecule has 0 amide bonds. The Morgan fingerprint density at radius 1 is 1.33 bits per heavy atom. The highest BCUT2D eigenvalue weighted by molar-refractivity contribution is 5.87. The molecule has 2 aliphatic carbocycles. The van der Waals surface area contributed by atoms with Crippen LogP contribution in [0.3, 0.4) is 0 Å². The molecule has 0 aromatic heterocycles. The van der Waals surface area contributed by atoms with Crippen molar-refractivity contribution in [3.8, 4) is 0 Å². The summed E-state index contributed by atoms with van der Waals surface area (Å²) in [6.07, 6.45) is -0.969. The summed E-state index contributed by atoms with van der Waals surface area (Å²) in [5, 5.41) is 9.37. The van der Waals surface area contributed by atoms with Crippen LogP contribution in [0, 0.1) is 23.7 Å². The summed E-state index contributed by atoms with van der Waals surface area (Å²) >= 11 is 0. The maximum Gasteiger partial charge on any atom is 0.333 e. The number of esters is 3. The molecule has 1 aliphatic heterocycles. The molecule has 0 radical (unpaired) electrons. The fourth-order valence-corrected chi connectivity index (χ4v) is 4.05. The van der Waals surface area contributed by atoms with Crippen LogP contribution < -0.4 is 0 Å². The number of hydrogen-bond donors (Lipinski definition) is 1. The molecule has 8 heteroatoms. The molecular weight excluding hydrogens is 320 g/mol. The topological polar surface area (TPSA) is 116 Å². The smallest absolute Gasteiger partial charge is 0.333 e. The Balaban J connectivity index is 1.59. The predicted octanol–water partition coefficient (Wildman–Crippen LogP) is 0.300. The van der Waals surface area contributed by atoms with E-state index in [4.69, 9.17) is 14.2 Å². The van der Waals surface area contributed by atoms with Crippen LogP contribution in [0.5, 0.6) is 0 Å². The molecule has 3 aliphatic rings. The van der Waals surface area contributed by atoms with Crippen LogP contribution in [0.1, 0.15) is 19.8 Å². The van der Waals surface area contributed by atoms with Gasteiger partial charge in [-0.25, -0.2) is 4.79 Å². The average Bonchev–Trinajstić information content (AvgIpc) is 3.10. The van der Waals surface area contributed by atoms with Gasteiger partial charge >= 0.3 is 23.9 Å². The highest BCUT2D eigenvalue weighted by Gasteiger charge is 2.69. The summed E-state index contributed by atoms with van der Waals surface area (Å²) in [6, 6.07) is 0. The van der Waals surface area contributed by atoms with Gasteiger partial charge in [0.15, 0.2) is 0 Å². The largest absolute Gasteiger partial charge is 0.481 e. The van der Waals surface area contributed by atoms with Crippen molar-refractivity contribution in [3.63, 3.8) is 0 Å². The molecule has 1 saturated heterocycles. The fraction of sp³-hybridized carbons (Fsp3) is 0.625. The quantitative estimate of drug-likeness (QED) is 0.417. The second-order valence-corrected chi connectivity index (χ2v) is 6.48. The third kappa shape index (κ3) is 2.55. The minimum absolute atomic E-state index is 0.152. The number of aliphatic carboxylic acids is 1. The molecular formula is C16H18O8. The van der Waals surface area contributed by atoms with Gasteiger partial charge in [0.1, 0.15) is 18.8 Å². The summed E-state index contributed by atoms with van der Waals surface area (Å²) in [4.78, 5) is 46.5. The van der Waals surface area contributed by atoms with Gasteiger partial charge in [0, 0.05) is 17.4 Å². The number of carbonyl (C=O) groups is 4. The van der Waals surface area contributed by atoms with E-state index < -0.39 is 53.8 Å². The van der Waals surface area contributed by atoms with E-state index in [1.54, 1.807) is 0 Å². The Labute approximate surface area is 137 Å². The molecule has 2 saturated carbocycles. The van der Waals surface area contributed by atoms with Crippen molar-refractivity contribution in [1.82, 2.24) is 0 Å². The molecule has 8 nitrogen and oxygen atoms in total. The van der Waals surface area contributed by atoms with Crippen LogP contribution in [0.15, 0.2) is 12.2 Å². The van der Waals surface area contributed by atoms with Crippen LogP contribution in [0.25, 0.3) is 0 Å². The lowest BCUT2D eigenvalue weighted by molar-refractivity contribution is -0.165. The molecule has 1 heterocycles. The van der Waals surface area contributed by atoms with E-state index in [-0.39, 0.29) is 24.5 Å².